The van der Waals surface area contributed by atoms with Gasteiger partial charge in [0.05, 0.1) is 5.69 Å². The molecule has 0 spiro atoms. The van der Waals surface area contributed by atoms with Crippen LogP contribution in [0.25, 0.3) is 0 Å². The number of benzene rings is 1. The summed E-state index contributed by atoms with van der Waals surface area (Å²) in [5, 5.41) is 22.0. The number of rotatable bonds is 2. The Morgan fingerprint density at radius 2 is 1.95 bits per heavy atom. The lowest BCUT2D eigenvalue weighted by Crippen LogP contribution is -1.98. The lowest BCUT2D eigenvalue weighted by atomic mass is 10.2. The number of ether oxygens (including phenoxy) is 1. The largest absolute Gasteiger partial charge is 0.436 e. The zero-order valence-electron chi connectivity index (χ0n) is 10.3. The topological polar surface area (TPSA) is 74.6 Å². The number of hydrogen-bond acceptors (Lipinski definition) is 4. The van der Waals surface area contributed by atoms with Crippen LogP contribution in [0.1, 0.15) is 16.8 Å². The van der Waals surface area contributed by atoms with Crippen molar-refractivity contribution in [3.63, 3.8) is 0 Å². The number of aromatic nitrogens is 2. The van der Waals surface area contributed by atoms with Gasteiger partial charge in [-0.15, -0.1) is 0 Å². The van der Waals surface area contributed by atoms with E-state index in [-0.39, 0.29) is 22.8 Å². The molecule has 0 fully saturated rings. The van der Waals surface area contributed by atoms with Gasteiger partial charge in [-0.25, -0.2) is 9.07 Å². The van der Waals surface area contributed by atoms with Crippen molar-refractivity contribution in [3.8, 4) is 23.8 Å². The summed E-state index contributed by atoms with van der Waals surface area (Å²) in [5.41, 5.74) is 0.566. The Bertz CT molecular complexity index is 721. The highest BCUT2D eigenvalue weighted by atomic mass is 19.1. The third-order valence-electron chi connectivity index (χ3n) is 2.58. The van der Waals surface area contributed by atoms with Crippen molar-refractivity contribution >= 4 is 0 Å². The first-order chi connectivity index (χ1) is 9.08. The Balaban J connectivity index is 2.52. The van der Waals surface area contributed by atoms with Crippen LogP contribution < -0.4 is 4.74 Å². The molecule has 0 saturated carbocycles. The van der Waals surface area contributed by atoms with Crippen molar-refractivity contribution in [2.24, 2.45) is 7.05 Å². The summed E-state index contributed by atoms with van der Waals surface area (Å²) in [7, 11) is 1.61. The van der Waals surface area contributed by atoms with E-state index in [1.54, 1.807) is 20.0 Å². The fraction of sp³-hybridized carbons (Fsp3) is 0.154. The Labute approximate surface area is 109 Å². The highest BCUT2D eigenvalue weighted by Gasteiger charge is 2.17. The van der Waals surface area contributed by atoms with Crippen molar-refractivity contribution in [2.45, 2.75) is 6.92 Å². The summed E-state index contributed by atoms with van der Waals surface area (Å²) < 4.78 is 20.3. The molecule has 0 unspecified atom stereocenters. The highest BCUT2D eigenvalue weighted by molar-refractivity contribution is 5.49. The first-order valence-corrected chi connectivity index (χ1v) is 5.38. The molecule has 94 valence electrons. The van der Waals surface area contributed by atoms with Gasteiger partial charge in [-0.2, -0.15) is 15.6 Å². The van der Waals surface area contributed by atoms with E-state index in [1.807, 2.05) is 6.07 Å². The standard InChI is InChI=1S/C13H9FN4O/c1-8-9(6-15)13(18(2)17-8)19-12-5-3-4-11(14)10(12)7-16/h3-5H,1-2H3. The number of nitriles is 2. The van der Waals surface area contributed by atoms with Crippen LogP contribution in [-0.2, 0) is 7.05 Å². The third kappa shape index (κ3) is 2.12. The zero-order valence-corrected chi connectivity index (χ0v) is 10.3. The van der Waals surface area contributed by atoms with Gasteiger partial charge in [-0.3, -0.25) is 0 Å². The molecule has 0 radical (unpaired) electrons. The van der Waals surface area contributed by atoms with Crippen LogP contribution in [-0.4, -0.2) is 9.78 Å². The second-order valence-corrected chi connectivity index (χ2v) is 3.83. The molecule has 0 atom stereocenters. The summed E-state index contributed by atoms with van der Waals surface area (Å²) >= 11 is 0. The number of hydrogen-bond donors (Lipinski definition) is 0. The van der Waals surface area contributed by atoms with Gasteiger partial charge in [0.15, 0.2) is 0 Å². The normalized spacial score (nSPS) is 9.74. The van der Waals surface area contributed by atoms with E-state index in [1.165, 1.54) is 22.9 Å². The average Bonchev–Trinajstić information content (AvgIpc) is 2.64. The summed E-state index contributed by atoms with van der Waals surface area (Å²) in [6.07, 6.45) is 0. The van der Waals surface area contributed by atoms with Gasteiger partial charge in [0.25, 0.3) is 0 Å². The van der Waals surface area contributed by atoms with Crippen molar-refractivity contribution in [2.75, 3.05) is 0 Å². The predicted octanol–water partition coefficient (Wildman–Crippen LogP) is 2.40. The summed E-state index contributed by atoms with van der Waals surface area (Å²) in [5.74, 6) is -0.429. The monoisotopic (exact) mass is 256 g/mol. The van der Waals surface area contributed by atoms with Crippen LogP contribution in [0, 0.1) is 35.4 Å². The Hall–Kier alpha value is -2.86. The maximum atomic E-state index is 13.5. The van der Waals surface area contributed by atoms with Crippen LogP contribution >= 0.6 is 0 Å². The van der Waals surface area contributed by atoms with Crippen molar-refractivity contribution in [3.05, 3.63) is 40.8 Å². The second-order valence-electron chi connectivity index (χ2n) is 3.83. The molecular weight excluding hydrogens is 247 g/mol. The molecule has 0 aliphatic rings. The molecule has 2 rings (SSSR count). The molecule has 0 amide bonds. The summed E-state index contributed by atoms with van der Waals surface area (Å²) in [6.45, 7) is 1.67. The van der Waals surface area contributed by atoms with Crippen LogP contribution in [0.5, 0.6) is 11.6 Å². The Kier molecular flexibility index (Phi) is 3.17. The van der Waals surface area contributed by atoms with Crippen molar-refractivity contribution in [1.82, 2.24) is 9.78 Å². The molecule has 6 heteroatoms. The van der Waals surface area contributed by atoms with E-state index in [0.29, 0.717) is 5.69 Å². The molecule has 0 saturated heterocycles. The molecule has 0 aliphatic heterocycles. The maximum Gasteiger partial charge on any atom is 0.235 e. The van der Waals surface area contributed by atoms with Gasteiger partial charge in [0.1, 0.15) is 34.8 Å². The molecule has 1 aromatic heterocycles. The minimum atomic E-state index is -0.669. The number of aryl methyl sites for hydroxylation is 2. The first-order valence-electron chi connectivity index (χ1n) is 5.38. The molecule has 1 heterocycles. The highest BCUT2D eigenvalue weighted by Crippen LogP contribution is 2.29. The quantitative estimate of drug-likeness (QED) is 0.826. The average molecular weight is 256 g/mol. The second kappa shape index (κ2) is 4.79. The molecule has 1 aromatic carbocycles. The molecule has 2 aromatic rings. The van der Waals surface area contributed by atoms with Crippen molar-refractivity contribution < 1.29 is 9.13 Å². The van der Waals surface area contributed by atoms with Crippen LogP contribution in [0.2, 0.25) is 0 Å². The maximum absolute atomic E-state index is 13.5. The van der Waals surface area contributed by atoms with Crippen LogP contribution in [0.4, 0.5) is 4.39 Å². The molecule has 0 aliphatic carbocycles. The fourth-order valence-corrected chi connectivity index (χ4v) is 1.68. The van der Waals surface area contributed by atoms with Crippen molar-refractivity contribution in [1.29, 1.82) is 10.5 Å². The van der Waals surface area contributed by atoms with E-state index >= 15 is 0 Å². The summed E-state index contributed by atoms with van der Waals surface area (Å²) in [4.78, 5) is 0. The van der Waals surface area contributed by atoms with Gasteiger partial charge >= 0.3 is 0 Å². The van der Waals surface area contributed by atoms with E-state index in [2.05, 4.69) is 5.10 Å². The van der Waals surface area contributed by atoms with Crippen LogP contribution in [0.15, 0.2) is 18.2 Å². The molecule has 0 N–H and O–H groups in total. The first kappa shape index (κ1) is 12.6. The predicted molar refractivity (Wildman–Crippen MR) is 63.8 cm³/mol. The van der Waals surface area contributed by atoms with Gasteiger partial charge in [-0.05, 0) is 19.1 Å². The lowest BCUT2D eigenvalue weighted by molar-refractivity contribution is 0.424. The van der Waals surface area contributed by atoms with Gasteiger partial charge in [-0.1, -0.05) is 6.07 Å². The number of nitrogens with zero attached hydrogens (tertiary/aromatic N) is 4. The van der Waals surface area contributed by atoms with E-state index in [4.69, 9.17) is 15.3 Å². The van der Waals surface area contributed by atoms with Gasteiger partial charge < -0.3 is 4.74 Å². The molecular formula is C13H9FN4O. The minimum absolute atomic E-state index is 0.0574. The van der Waals surface area contributed by atoms with Gasteiger partial charge in [0, 0.05) is 7.05 Å². The van der Waals surface area contributed by atoms with E-state index in [0.717, 1.165) is 0 Å². The Morgan fingerprint density at radius 3 is 2.58 bits per heavy atom. The minimum Gasteiger partial charge on any atom is -0.436 e. The number of halogens is 1. The van der Waals surface area contributed by atoms with E-state index < -0.39 is 5.82 Å². The molecule has 0 bridgehead atoms. The fourth-order valence-electron chi connectivity index (χ4n) is 1.68. The SMILES string of the molecule is Cc1nn(C)c(Oc2cccc(F)c2C#N)c1C#N. The van der Waals surface area contributed by atoms with Crippen LogP contribution in [0.3, 0.4) is 0 Å². The third-order valence-corrected chi connectivity index (χ3v) is 2.58. The zero-order chi connectivity index (χ0) is 14.0. The molecule has 19 heavy (non-hydrogen) atoms. The molecule has 5 nitrogen and oxygen atoms in total. The smallest absolute Gasteiger partial charge is 0.235 e. The van der Waals surface area contributed by atoms with Gasteiger partial charge in [0.2, 0.25) is 5.88 Å². The van der Waals surface area contributed by atoms with E-state index in [9.17, 15) is 4.39 Å². The lowest BCUT2D eigenvalue weighted by Gasteiger charge is -2.07. The Morgan fingerprint density at radius 1 is 1.26 bits per heavy atom. The summed E-state index contributed by atoms with van der Waals surface area (Å²) in [6, 6.07) is 7.77.